The third-order valence-corrected chi connectivity index (χ3v) is 2.96. The topological polar surface area (TPSA) is 89.1 Å². The van der Waals surface area contributed by atoms with Crippen LogP contribution in [0, 0.1) is 0 Å². The largest absolute Gasteiger partial charge is 0.396 e. The van der Waals surface area contributed by atoms with E-state index < -0.39 is 0 Å². The summed E-state index contributed by atoms with van der Waals surface area (Å²) in [7, 11) is 0. The van der Waals surface area contributed by atoms with E-state index in [4.69, 9.17) is 10.8 Å². The maximum atomic E-state index is 11.5. The number of rotatable bonds is 1. The summed E-state index contributed by atoms with van der Waals surface area (Å²) in [6, 6.07) is 5.36. The Kier molecular flexibility index (Phi) is 2.34. The number of Topliss-reactive ketones (excluding diaryl/α,β-unsaturated/α-hetero) is 1. The van der Waals surface area contributed by atoms with Crippen molar-refractivity contribution in [3.05, 3.63) is 40.8 Å². The fraction of sp³-hybridized carbons (Fsp3) is 0.154. The molecule has 0 atom stereocenters. The summed E-state index contributed by atoms with van der Waals surface area (Å²) in [4.78, 5) is 20.3. The molecule has 0 unspecified atom stereocenters. The van der Waals surface area contributed by atoms with E-state index >= 15 is 0 Å². The van der Waals surface area contributed by atoms with Crippen LogP contribution >= 0.6 is 0 Å². The number of aliphatic hydroxyl groups excluding tert-OH is 1. The lowest BCUT2D eigenvalue weighted by Crippen LogP contribution is -2.19. The highest BCUT2D eigenvalue weighted by Crippen LogP contribution is 2.20. The first-order chi connectivity index (χ1) is 8.67. The quantitative estimate of drug-likeness (QED) is 0.761. The Bertz CT molecular complexity index is 692. The molecule has 90 valence electrons. The lowest BCUT2D eigenvalue weighted by Gasteiger charge is -2.12. The molecule has 0 radical (unpaired) electrons. The molecule has 0 saturated heterocycles. The molecular formula is C13H11N3O2. The van der Waals surface area contributed by atoms with E-state index in [0.717, 1.165) is 5.56 Å². The van der Waals surface area contributed by atoms with Crippen LogP contribution in [0.1, 0.15) is 17.0 Å². The molecule has 1 aliphatic rings. The minimum atomic E-state index is -0.122. The smallest absolute Gasteiger partial charge is 0.184 e. The Hall–Kier alpha value is -2.27. The molecule has 3 N–H and O–H groups in total. The summed E-state index contributed by atoms with van der Waals surface area (Å²) in [5.41, 5.74) is 9.29. The molecule has 3 rings (SSSR count). The highest BCUT2D eigenvalue weighted by atomic mass is 16.3. The lowest BCUT2D eigenvalue weighted by atomic mass is 10.0. The van der Waals surface area contributed by atoms with E-state index in [1.165, 1.54) is 0 Å². The van der Waals surface area contributed by atoms with Crippen LogP contribution in [0.2, 0.25) is 0 Å². The van der Waals surface area contributed by atoms with Crippen molar-refractivity contribution in [3.63, 3.8) is 0 Å². The van der Waals surface area contributed by atoms with Crippen molar-refractivity contribution in [2.45, 2.75) is 13.0 Å². The van der Waals surface area contributed by atoms with Crippen molar-refractivity contribution in [3.8, 4) is 0 Å². The minimum absolute atomic E-state index is 0.0365. The number of aromatic nitrogens is 2. The fourth-order valence-electron chi connectivity index (χ4n) is 1.98. The predicted molar refractivity (Wildman–Crippen MR) is 66.3 cm³/mol. The number of fused-ring (bicyclic) bond motifs is 2. The first-order valence-corrected chi connectivity index (χ1v) is 5.58. The number of ketones is 1. The van der Waals surface area contributed by atoms with Gasteiger partial charge in [-0.2, -0.15) is 0 Å². The highest BCUT2D eigenvalue weighted by molar-refractivity contribution is 6.02. The van der Waals surface area contributed by atoms with Crippen LogP contribution in [0.5, 0.6) is 0 Å². The van der Waals surface area contributed by atoms with Crippen LogP contribution in [0.15, 0.2) is 23.9 Å². The molecule has 18 heavy (non-hydrogen) atoms. The molecule has 5 heteroatoms. The maximum absolute atomic E-state index is 11.5. The zero-order valence-corrected chi connectivity index (χ0v) is 9.55. The Morgan fingerprint density at radius 2 is 2.11 bits per heavy atom. The number of nitrogens with zero attached hydrogens (tertiary/aromatic N) is 2. The van der Waals surface area contributed by atoms with E-state index in [2.05, 4.69) is 9.97 Å². The third-order valence-electron chi connectivity index (χ3n) is 2.96. The number of hydrogen-bond donors (Lipinski definition) is 2. The Balaban J connectivity index is 2.23. The van der Waals surface area contributed by atoms with Gasteiger partial charge in [0.15, 0.2) is 5.78 Å². The molecule has 0 fully saturated rings. The van der Waals surface area contributed by atoms with Gasteiger partial charge in [-0.05, 0) is 23.8 Å². The molecule has 1 aromatic heterocycles. The second kappa shape index (κ2) is 3.89. The van der Waals surface area contributed by atoms with Gasteiger partial charge >= 0.3 is 0 Å². The zero-order valence-electron chi connectivity index (χ0n) is 9.55. The highest BCUT2D eigenvalue weighted by Gasteiger charge is 2.19. The van der Waals surface area contributed by atoms with E-state index in [1.807, 2.05) is 0 Å². The predicted octanol–water partition coefficient (Wildman–Crippen LogP) is 0.547. The Morgan fingerprint density at radius 1 is 1.28 bits per heavy atom. The molecule has 0 amide bonds. The Morgan fingerprint density at radius 3 is 2.89 bits per heavy atom. The van der Waals surface area contributed by atoms with Gasteiger partial charge in [0.1, 0.15) is 0 Å². The van der Waals surface area contributed by atoms with Crippen LogP contribution in [-0.4, -0.2) is 20.9 Å². The van der Waals surface area contributed by atoms with Crippen molar-refractivity contribution in [2.75, 3.05) is 0 Å². The minimum Gasteiger partial charge on any atom is -0.396 e. The molecule has 1 heterocycles. The average Bonchev–Trinajstić information content (AvgIpc) is 2.37. The first kappa shape index (κ1) is 10.9. The van der Waals surface area contributed by atoms with E-state index in [-0.39, 0.29) is 24.5 Å². The maximum Gasteiger partial charge on any atom is 0.184 e. The van der Waals surface area contributed by atoms with Crippen molar-refractivity contribution in [1.82, 2.24) is 9.97 Å². The van der Waals surface area contributed by atoms with Gasteiger partial charge in [-0.3, -0.25) is 4.79 Å². The van der Waals surface area contributed by atoms with Gasteiger partial charge < -0.3 is 10.8 Å². The Labute approximate surface area is 103 Å². The second-order valence-electron chi connectivity index (χ2n) is 4.24. The average molecular weight is 241 g/mol. The van der Waals surface area contributed by atoms with Gasteiger partial charge in [-0.25, -0.2) is 9.97 Å². The van der Waals surface area contributed by atoms with E-state index in [0.29, 0.717) is 22.4 Å². The third kappa shape index (κ3) is 1.65. The lowest BCUT2D eigenvalue weighted by molar-refractivity contribution is -0.115. The van der Waals surface area contributed by atoms with Crippen LogP contribution in [0.25, 0.3) is 17.1 Å². The number of benzene rings is 1. The second-order valence-corrected chi connectivity index (χ2v) is 4.24. The molecular weight excluding hydrogens is 230 g/mol. The van der Waals surface area contributed by atoms with Gasteiger partial charge in [0.25, 0.3) is 0 Å². The summed E-state index contributed by atoms with van der Waals surface area (Å²) in [5.74, 6) is -0.122. The molecule has 5 nitrogen and oxygen atoms in total. The monoisotopic (exact) mass is 241 g/mol. The number of carbonyl (C=O) groups excluding carboxylic acids is 1. The van der Waals surface area contributed by atoms with Crippen LogP contribution < -0.4 is 5.73 Å². The summed E-state index contributed by atoms with van der Waals surface area (Å²) < 4.78 is 0. The number of allylic oxidation sites excluding steroid dienone is 1. The van der Waals surface area contributed by atoms with Crippen molar-refractivity contribution in [2.24, 2.45) is 5.73 Å². The summed E-state index contributed by atoms with van der Waals surface area (Å²) in [6.07, 6.45) is 1.75. The molecule has 0 bridgehead atoms. The summed E-state index contributed by atoms with van der Waals surface area (Å²) in [5, 5.41) is 9.09. The SMILES string of the molecule is NC1=Cc2nc3cc(CO)ccc3nc2CC1=O. The number of hydrogen-bond acceptors (Lipinski definition) is 5. The summed E-state index contributed by atoms with van der Waals surface area (Å²) in [6.45, 7) is -0.0365. The van der Waals surface area contributed by atoms with Gasteiger partial charge in [0.2, 0.25) is 0 Å². The standard InChI is InChI=1S/C13H11N3O2/c14-8-4-11-12(5-13(8)18)15-9-2-1-7(6-17)3-10(9)16-11/h1-4,17H,5-6,14H2. The molecule has 2 aromatic rings. The van der Waals surface area contributed by atoms with Gasteiger partial charge in [-0.1, -0.05) is 6.07 Å². The van der Waals surface area contributed by atoms with Crippen LogP contribution in [0.4, 0.5) is 0 Å². The first-order valence-electron chi connectivity index (χ1n) is 5.58. The van der Waals surface area contributed by atoms with Gasteiger partial charge in [0.05, 0.1) is 41.1 Å². The molecule has 0 saturated carbocycles. The molecule has 0 aliphatic heterocycles. The fourth-order valence-corrected chi connectivity index (χ4v) is 1.98. The van der Waals surface area contributed by atoms with Gasteiger partial charge in [0, 0.05) is 0 Å². The van der Waals surface area contributed by atoms with Crippen molar-refractivity contribution < 1.29 is 9.90 Å². The summed E-state index contributed by atoms with van der Waals surface area (Å²) >= 11 is 0. The number of carbonyl (C=O) groups is 1. The number of aliphatic hydroxyl groups is 1. The molecule has 1 aliphatic carbocycles. The molecule has 0 spiro atoms. The molecule has 1 aromatic carbocycles. The van der Waals surface area contributed by atoms with Crippen LogP contribution in [-0.2, 0) is 17.8 Å². The van der Waals surface area contributed by atoms with E-state index in [1.54, 1.807) is 24.3 Å². The number of nitrogens with two attached hydrogens (primary N) is 1. The van der Waals surface area contributed by atoms with Crippen LogP contribution in [0.3, 0.4) is 0 Å². The normalized spacial score (nSPS) is 14.5. The zero-order chi connectivity index (χ0) is 12.7. The van der Waals surface area contributed by atoms with Gasteiger partial charge in [-0.15, -0.1) is 0 Å². The van der Waals surface area contributed by atoms with Crippen molar-refractivity contribution in [1.29, 1.82) is 0 Å². The van der Waals surface area contributed by atoms with Crippen molar-refractivity contribution >= 4 is 22.9 Å². The van der Waals surface area contributed by atoms with E-state index in [9.17, 15) is 4.79 Å².